The first-order valence-corrected chi connectivity index (χ1v) is 22.9. The second kappa shape index (κ2) is 18.0. The molecule has 1 aromatic heterocycles. The summed E-state index contributed by atoms with van der Waals surface area (Å²) in [5.74, 6) is -3.29. The molecule has 5 aromatic rings. The highest BCUT2D eigenvalue weighted by atomic mass is 19.3. The molecule has 3 N–H and O–H groups in total. The predicted molar refractivity (Wildman–Crippen MR) is 245 cm³/mol. The molecule has 4 amide bonds. The normalized spacial score (nSPS) is 20.3. The predicted octanol–water partition coefficient (Wildman–Crippen LogP) is 8.40. The van der Waals surface area contributed by atoms with Gasteiger partial charge in [-0.1, -0.05) is 60.7 Å². The Hall–Kier alpha value is -6.94. The van der Waals surface area contributed by atoms with Crippen molar-refractivity contribution in [3.8, 4) is 33.5 Å². The number of aromatic nitrogens is 2. The number of H-pyrrole nitrogens is 1. The number of carbonyl (C=O) groups is 4. The number of benzene rings is 4. The van der Waals surface area contributed by atoms with E-state index in [1.807, 2.05) is 48.5 Å². The molecule has 346 valence electrons. The van der Waals surface area contributed by atoms with Gasteiger partial charge in [-0.25, -0.2) is 14.6 Å². The molecule has 4 aromatic carbocycles. The van der Waals surface area contributed by atoms with E-state index in [4.69, 9.17) is 19.2 Å². The van der Waals surface area contributed by atoms with Crippen molar-refractivity contribution in [2.75, 3.05) is 40.5 Å². The Morgan fingerprint density at radius 1 is 0.761 bits per heavy atom. The average Bonchev–Trinajstić information content (AvgIpc) is 4.23. The molecule has 10 rings (SSSR count). The molecule has 5 aliphatic rings. The Kier molecular flexibility index (Phi) is 11.8. The maximum absolute atomic E-state index is 16.7. The van der Waals surface area contributed by atoms with Gasteiger partial charge in [-0.2, -0.15) is 8.78 Å². The molecule has 3 saturated heterocycles. The largest absolute Gasteiger partial charge is 0.453 e. The number of nitrogens with one attached hydrogen (secondary N) is 3. The highest BCUT2D eigenvalue weighted by Crippen LogP contribution is 2.53. The molecule has 0 saturated carbocycles. The van der Waals surface area contributed by atoms with E-state index in [9.17, 15) is 19.2 Å². The lowest BCUT2D eigenvalue weighted by Crippen LogP contribution is -2.53. The van der Waals surface area contributed by atoms with Crippen molar-refractivity contribution in [3.63, 3.8) is 0 Å². The second-order valence-electron chi connectivity index (χ2n) is 17.8. The van der Waals surface area contributed by atoms with Crippen molar-refractivity contribution in [2.45, 2.75) is 75.0 Å². The summed E-state index contributed by atoms with van der Waals surface area (Å²) in [5.41, 5.74) is 6.49. The zero-order chi connectivity index (χ0) is 46.4. The van der Waals surface area contributed by atoms with Crippen molar-refractivity contribution in [1.29, 1.82) is 0 Å². The van der Waals surface area contributed by atoms with E-state index in [2.05, 4.69) is 20.6 Å². The summed E-state index contributed by atoms with van der Waals surface area (Å²) in [6.45, 7) is 2.02. The molecule has 4 aliphatic heterocycles. The fraction of sp³-hybridized carbons (Fsp3) is 0.373. The Bertz CT molecular complexity index is 2770. The fourth-order valence-electron chi connectivity index (χ4n) is 10.6. The second-order valence-corrected chi connectivity index (χ2v) is 17.8. The number of ether oxygens (including phenoxy) is 3. The summed E-state index contributed by atoms with van der Waals surface area (Å²) in [4.78, 5) is 69.3. The van der Waals surface area contributed by atoms with Crippen LogP contribution >= 0.6 is 0 Å². The number of hydrogen-bond acceptors (Lipinski definition) is 9. The maximum Gasteiger partial charge on any atom is 0.407 e. The van der Waals surface area contributed by atoms with Crippen LogP contribution in [0.3, 0.4) is 0 Å². The molecule has 1 aliphatic carbocycles. The van der Waals surface area contributed by atoms with Gasteiger partial charge in [0.1, 0.15) is 17.9 Å². The smallest absolute Gasteiger partial charge is 0.407 e. The molecule has 0 radical (unpaired) electrons. The molecule has 0 bridgehead atoms. The monoisotopic (exact) mass is 911 g/mol. The highest BCUT2D eigenvalue weighted by molar-refractivity contribution is 6.01. The van der Waals surface area contributed by atoms with Crippen LogP contribution in [0.15, 0.2) is 96.1 Å². The third-order valence-corrected chi connectivity index (χ3v) is 14.0. The highest BCUT2D eigenvalue weighted by Gasteiger charge is 2.46. The maximum atomic E-state index is 16.7. The SMILES string of the molecule is COC(=O)N[C@H](C(=O)N1CCC[C@H]1c1ncc(-c2ccc3c(c2)C(F)(F)c2cc(-c4ccc5c(c4)CC([C@@H]4CCCN4C(=O)[C@H](NC(=O)OC)c4ccccc4)=N5)ccc2-3)[nH]1)C1CCOCC1. The number of amides is 4. The summed E-state index contributed by atoms with van der Waals surface area (Å²) in [6.07, 6.45) is 4.92. The summed E-state index contributed by atoms with van der Waals surface area (Å²) in [6, 6.07) is 22.8. The van der Waals surface area contributed by atoms with E-state index in [1.165, 1.54) is 20.3 Å². The molecule has 0 unspecified atom stereocenters. The number of fused-ring (bicyclic) bond motifs is 4. The van der Waals surface area contributed by atoms with Gasteiger partial charge in [0.05, 0.1) is 43.9 Å². The molecule has 16 heteroatoms. The minimum Gasteiger partial charge on any atom is -0.453 e. The summed E-state index contributed by atoms with van der Waals surface area (Å²) in [5, 5.41) is 5.48. The lowest BCUT2D eigenvalue weighted by atomic mass is 9.90. The van der Waals surface area contributed by atoms with Crippen LogP contribution in [0.4, 0.5) is 24.1 Å². The minimum atomic E-state index is -3.29. The van der Waals surface area contributed by atoms with E-state index in [0.717, 1.165) is 41.8 Å². The van der Waals surface area contributed by atoms with Gasteiger partial charge < -0.3 is 39.6 Å². The molecule has 5 heterocycles. The molecular formula is C51H51F2N7O7. The summed E-state index contributed by atoms with van der Waals surface area (Å²) in [7, 11) is 2.53. The van der Waals surface area contributed by atoms with E-state index >= 15 is 8.78 Å². The van der Waals surface area contributed by atoms with Gasteiger partial charge in [0.15, 0.2) is 0 Å². The first kappa shape index (κ1) is 43.9. The van der Waals surface area contributed by atoms with Crippen LogP contribution in [0.2, 0.25) is 0 Å². The number of imidazole rings is 1. The minimum absolute atomic E-state index is 0.0757. The summed E-state index contributed by atoms with van der Waals surface area (Å²) >= 11 is 0. The number of aliphatic imine (C=N–C) groups is 1. The van der Waals surface area contributed by atoms with Crippen molar-refractivity contribution in [3.05, 3.63) is 119 Å². The van der Waals surface area contributed by atoms with Gasteiger partial charge in [-0.05, 0) is 102 Å². The van der Waals surface area contributed by atoms with Crippen molar-refractivity contribution in [2.24, 2.45) is 10.9 Å². The molecule has 67 heavy (non-hydrogen) atoms. The topological polar surface area (TPSA) is 168 Å². The molecule has 14 nitrogen and oxygen atoms in total. The average molecular weight is 912 g/mol. The van der Waals surface area contributed by atoms with Crippen LogP contribution < -0.4 is 10.6 Å². The third-order valence-electron chi connectivity index (χ3n) is 14.0. The number of halogens is 2. The Balaban J connectivity index is 0.845. The van der Waals surface area contributed by atoms with Crippen LogP contribution in [0.1, 0.15) is 78.7 Å². The van der Waals surface area contributed by atoms with Gasteiger partial charge >= 0.3 is 12.2 Å². The number of methoxy groups -OCH3 is 2. The third kappa shape index (κ3) is 8.21. The number of alkyl halides is 2. The Morgan fingerprint density at radius 2 is 1.39 bits per heavy atom. The first-order chi connectivity index (χ1) is 32.5. The van der Waals surface area contributed by atoms with Gasteiger partial charge in [0, 0.05) is 55.1 Å². The van der Waals surface area contributed by atoms with E-state index in [1.54, 1.807) is 46.3 Å². The van der Waals surface area contributed by atoms with Gasteiger partial charge in [0.2, 0.25) is 11.8 Å². The van der Waals surface area contributed by atoms with E-state index < -0.39 is 30.2 Å². The zero-order valence-corrected chi connectivity index (χ0v) is 37.2. The first-order valence-electron chi connectivity index (χ1n) is 22.9. The number of aromatic amines is 1. The van der Waals surface area contributed by atoms with E-state index in [0.29, 0.717) is 91.3 Å². The number of nitrogens with zero attached hydrogens (tertiary/aromatic N) is 4. The van der Waals surface area contributed by atoms with Gasteiger partial charge in [-0.15, -0.1) is 0 Å². The quantitative estimate of drug-likeness (QED) is 0.126. The number of likely N-dealkylation sites (tertiary alicyclic amines) is 2. The number of alkyl carbamates (subject to hydrolysis) is 2. The van der Waals surface area contributed by atoms with Crippen molar-refractivity contribution < 1.29 is 42.2 Å². The van der Waals surface area contributed by atoms with Crippen LogP contribution in [0.5, 0.6) is 0 Å². The molecule has 4 atom stereocenters. The standard InChI is InChI=1S/C51H51F2N7O7/c1-65-49(63)57-44(29-8-4-3-5-9-29)47(61)59-20-6-10-42(59)40-27-34-24-31(14-17-39(34)55-40)32-12-15-35-36-16-13-33(26-38(36)51(52,53)37(35)25-32)41-28-54-46(56-41)43-11-7-21-60(43)48(62)45(58-50(64)66-2)30-18-22-67-23-19-30/h3-5,8-9,12-17,24-26,28,30,42-45H,6-7,10-11,18-23,27H2,1-2H3,(H,54,56)(H,57,63)(H,58,64)/t42-,43-,44+,45-/m0/s1. The van der Waals surface area contributed by atoms with Crippen LogP contribution in [-0.4, -0.2) is 102 Å². The van der Waals surface area contributed by atoms with Crippen molar-refractivity contribution in [1.82, 2.24) is 30.4 Å². The van der Waals surface area contributed by atoms with Gasteiger partial charge in [0.25, 0.3) is 5.92 Å². The lowest BCUT2D eigenvalue weighted by Gasteiger charge is -2.34. The van der Waals surface area contributed by atoms with E-state index in [-0.39, 0.29) is 40.9 Å². The number of hydrogen-bond donors (Lipinski definition) is 3. The summed E-state index contributed by atoms with van der Waals surface area (Å²) < 4.78 is 48.5. The Labute approximate surface area is 386 Å². The molecule has 0 spiro atoms. The molecular weight excluding hydrogens is 861 g/mol. The van der Waals surface area contributed by atoms with Gasteiger partial charge in [-0.3, -0.25) is 14.6 Å². The van der Waals surface area contributed by atoms with Crippen LogP contribution in [-0.2, 0) is 36.1 Å². The number of carbonyl (C=O) groups excluding carboxylic acids is 4. The van der Waals surface area contributed by atoms with Crippen LogP contribution in [0.25, 0.3) is 33.5 Å². The fourth-order valence-corrected chi connectivity index (χ4v) is 10.6. The van der Waals surface area contributed by atoms with Crippen molar-refractivity contribution >= 4 is 35.4 Å². The number of rotatable bonds is 10. The van der Waals surface area contributed by atoms with Crippen LogP contribution in [0, 0.1) is 5.92 Å². The Morgan fingerprint density at radius 3 is 2.10 bits per heavy atom. The lowest BCUT2D eigenvalue weighted by molar-refractivity contribution is -0.137. The molecule has 3 fully saturated rings. The zero-order valence-electron chi connectivity index (χ0n) is 37.2.